The molecule has 0 aromatic heterocycles. The molecule has 1 aromatic carbocycles. The second kappa shape index (κ2) is 6.87. The summed E-state index contributed by atoms with van der Waals surface area (Å²) in [6.45, 7) is 3.06. The maximum atomic E-state index is 12.4. The minimum Gasteiger partial charge on any atom is -0.341 e. The van der Waals surface area contributed by atoms with Gasteiger partial charge in [-0.15, -0.1) is 0 Å². The quantitative estimate of drug-likeness (QED) is 0.842. The third-order valence-corrected chi connectivity index (χ3v) is 5.38. The molecule has 5 nitrogen and oxygen atoms in total. The van der Waals surface area contributed by atoms with E-state index in [0.717, 1.165) is 35.4 Å². The molecule has 22 heavy (non-hydrogen) atoms. The molecule has 1 heterocycles. The van der Waals surface area contributed by atoms with E-state index >= 15 is 0 Å². The number of amides is 1. The average molecular weight is 345 g/mol. The molecule has 1 aliphatic heterocycles. The van der Waals surface area contributed by atoms with E-state index in [1.165, 1.54) is 0 Å². The van der Waals surface area contributed by atoms with Gasteiger partial charge >= 0.3 is 0 Å². The summed E-state index contributed by atoms with van der Waals surface area (Å²) in [5, 5.41) is 0.483. The van der Waals surface area contributed by atoms with Crippen molar-refractivity contribution in [3.8, 4) is 0 Å². The minimum atomic E-state index is -3.55. The van der Waals surface area contributed by atoms with Crippen molar-refractivity contribution in [2.75, 3.05) is 30.2 Å². The Kier molecular flexibility index (Phi) is 5.34. The van der Waals surface area contributed by atoms with E-state index in [2.05, 4.69) is 0 Å². The molecule has 0 saturated carbocycles. The van der Waals surface area contributed by atoms with Crippen LogP contribution in [0.4, 0.5) is 5.69 Å². The first kappa shape index (κ1) is 17.1. The highest BCUT2D eigenvalue weighted by Gasteiger charge is 2.25. The van der Waals surface area contributed by atoms with Crippen LogP contribution in [0.1, 0.15) is 24.8 Å². The van der Waals surface area contributed by atoms with Crippen molar-refractivity contribution in [1.82, 2.24) is 4.90 Å². The summed E-state index contributed by atoms with van der Waals surface area (Å²) in [6, 6.07) is 5.01. The number of hydrogen-bond acceptors (Lipinski definition) is 3. The summed E-state index contributed by atoms with van der Waals surface area (Å²) < 4.78 is 25.2. The summed E-state index contributed by atoms with van der Waals surface area (Å²) in [7, 11) is -3.55. The zero-order valence-corrected chi connectivity index (χ0v) is 14.5. The van der Waals surface area contributed by atoms with Crippen LogP contribution in [0.25, 0.3) is 0 Å². The van der Waals surface area contributed by atoms with Crippen molar-refractivity contribution in [3.63, 3.8) is 0 Å². The zero-order valence-electron chi connectivity index (χ0n) is 12.9. The second-order valence-corrected chi connectivity index (χ2v) is 7.96. The largest absolute Gasteiger partial charge is 0.341 e. The topological polar surface area (TPSA) is 57.7 Å². The first-order valence-corrected chi connectivity index (χ1v) is 9.53. The van der Waals surface area contributed by atoms with Gasteiger partial charge < -0.3 is 4.90 Å². The number of carbonyl (C=O) groups is 1. The molecule has 0 atom stereocenters. The van der Waals surface area contributed by atoms with Gasteiger partial charge in [0.25, 0.3) is 0 Å². The van der Waals surface area contributed by atoms with E-state index in [4.69, 9.17) is 11.6 Å². The van der Waals surface area contributed by atoms with Gasteiger partial charge in [-0.2, -0.15) is 0 Å². The van der Waals surface area contributed by atoms with Crippen LogP contribution in [0.3, 0.4) is 0 Å². The van der Waals surface area contributed by atoms with Gasteiger partial charge in [0.2, 0.25) is 15.9 Å². The predicted octanol–water partition coefficient (Wildman–Crippen LogP) is 2.43. The fourth-order valence-corrected chi connectivity index (χ4v) is 3.52. The number of benzene rings is 1. The monoisotopic (exact) mass is 344 g/mol. The number of nitrogens with zero attached hydrogens (tertiary/aromatic N) is 2. The van der Waals surface area contributed by atoms with Crippen LogP contribution < -0.4 is 4.31 Å². The lowest BCUT2D eigenvalue weighted by Gasteiger charge is -2.30. The number of sulfonamides is 1. The van der Waals surface area contributed by atoms with E-state index in [0.29, 0.717) is 23.8 Å². The Balaban J connectivity index is 2.23. The molecule has 1 aliphatic rings. The number of carbonyl (C=O) groups excluding carboxylic acids is 1. The highest BCUT2D eigenvalue weighted by Crippen LogP contribution is 2.25. The molecule has 0 bridgehead atoms. The Morgan fingerprint density at radius 2 is 1.91 bits per heavy atom. The number of hydrogen-bond donors (Lipinski definition) is 0. The van der Waals surface area contributed by atoms with E-state index in [1.807, 2.05) is 6.92 Å². The van der Waals surface area contributed by atoms with Crippen LogP contribution in [0, 0.1) is 6.92 Å². The Hall–Kier alpha value is -1.27. The van der Waals surface area contributed by atoms with Crippen LogP contribution in [0.2, 0.25) is 5.02 Å². The van der Waals surface area contributed by atoms with Crippen molar-refractivity contribution in [2.24, 2.45) is 0 Å². The summed E-state index contributed by atoms with van der Waals surface area (Å²) in [6.07, 6.45) is 4.17. The Morgan fingerprint density at radius 3 is 2.45 bits per heavy atom. The molecular formula is C15H21ClN2O3S. The Morgan fingerprint density at radius 1 is 1.27 bits per heavy atom. The Labute approximate surface area is 136 Å². The molecule has 0 N–H and O–H groups in total. The fourth-order valence-electron chi connectivity index (χ4n) is 2.50. The molecule has 1 amide bonds. The van der Waals surface area contributed by atoms with Crippen molar-refractivity contribution in [2.45, 2.75) is 26.2 Å². The van der Waals surface area contributed by atoms with Crippen LogP contribution in [-0.2, 0) is 14.8 Å². The first-order valence-electron chi connectivity index (χ1n) is 7.30. The summed E-state index contributed by atoms with van der Waals surface area (Å²) in [4.78, 5) is 14.1. The average Bonchev–Trinajstić information content (AvgIpc) is 2.47. The van der Waals surface area contributed by atoms with Crippen molar-refractivity contribution >= 4 is 33.2 Å². The minimum absolute atomic E-state index is 0.165. The van der Waals surface area contributed by atoms with E-state index in [-0.39, 0.29) is 12.5 Å². The normalized spacial score (nSPS) is 15.7. The fraction of sp³-hybridized carbons (Fsp3) is 0.533. The van der Waals surface area contributed by atoms with Crippen molar-refractivity contribution in [3.05, 3.63) is 28.8 Å². The number of rotatable bonds is 4. The molecule has 1 fully saturated rings. The van der Waals surface area contributed by atoms with E-state index in [9.17, 15) is 13.2 Å². The van der Waals surface area contributed by atoms with Crippen LogP contribution in [0.15, 0.2) is 18.2 Å². The summed E-state index contributed by atoms with van der Waals surface area (Å²) >= 11 is 6.08. The SMILES string of the molecule is Cc1ccc(N(CC(=O)N2CCCCC2)S(C)(=O)=O)cc1Cl. The van der Waals surface area contributed by atoms with E-state index in [1.54, 1.807) is 23.1 Å². The highest BCUT2D eigenvalue weighted by molar-refractivity contribution is 7.92. The summed E-state index contributed by atoms with van der Waals surface area (Å²) in [5.74, 6) is -0.165. The highest BCUT2D eigenvalue weighted by atomic mass is 35.5. The summed E-state index contributed by atoms with van der Waals surface area (Å²) in [5.41, 5.74) is 1.28. The molecular weight excluding hydrogens is 324 g/mol. The van der Waals surface area contributed by atoms with Gasteiger partial charge in [-0.05, 0) is 43.9 Å². The molecule has 0 unspecified atom stereocenters. The molecule has 0 radical (unpaired) electrons. The van der Waals surface area contributed by atoms with Crippen LogP contribution in [0.5, 0.6) is 0 Å². The van der Waals surface area contributed by atoms with Crippen molar-refractivity contribution < 1.29 is 13.2 Å². The van der Waals surface area contributed by atoms with Crippen LogP contribution >= 0.6 is 11.6 Å². The van der Waals surface area contributed by atoms with Gasteiger partial charge in [-0.1, -0.05) is 17.7 Å². The lowest BCUT2D eigenvalue weighted by atomic mass is 10.1. The van der Waals surface area contributed by atoms with Gasteiger partial charge in [-0.3, -0.25) is 9.10 Å². The molecule has 122 valence electrons. The number of piperidine rings is 1. The lowest BCUT2D eigenvalue weighted by Crippen LogP contribution is -2.44. The molecule has 1 saturated heterocycles. The smallest absolute Gasteiger partial charge is 0.243 e. The molecule has 1 aromatic rings. The van der Waals surface area contributed by atoms with Crippen LogP contribution in [-0.4, -0.2) is 45.1 Å². The number of halogens is 1. The van der Waals surface area contributed by atoms with Gasteiger partial charge in [0, 0.05) is 18.1 Å². The standard InChI is InChI=1S/C15H21ClN2O3S/c1-12-6-7-13(10-14(12)16)18(22(2,20)21)11-15(19)17-8-4-3-5-9-17/h6-7,10H,3-5,8-9,11H2,1-2H3. The third-order valence-electron chi connectivity index (χ3n) is 3.83. The molecule has 2 rings (SSSR count). The third kappa shape index (κ3) is 4.14. The zero-order chi connectivity index (χ0) is 16.3. The number of likely N-dealkylation sites (tertiary alicyclic amines) is 1. The number of aryl methyl sites for hydroxylation is 1. The lowest BCUT2D eigenvalue weighted by molar-refractivity contribution is -0.130. The number of anilines is 1. The van der Waals surface area contributed by atoms with Crippen molar-refractivity contribution in [1.29, 1.82) is 0 Å². The van der Waals surface area contributed by atoms with Gasteiger partial charge in [0.1, 0.15) is 6.54 Å². The van der Waals surface area contributed by atoms with Gasteiger partial charge in [0.05, 0.1) is 11.9 Å². The maximum Gasteiger partial charge on any atom is 0.243 e. The van der Waals surface area contributed by atoms with Gasteiger partial charge in [0.15, 0.2) is 0 Å². The molecule has 7 heteroatoms. The Bertz CT molecular complexity index is 655. The molecule has 0 spiro atoms. The van der Waals surface area contributed by atoms with E-state index < -0.39 is 10.0 Å². The molecule has 0 aliphatic carbocycles. The first-order chi connectivity index (χ1) is 10.3. The predicted molar refractivity (Wildman–Crippen MR) is 88.8 cm³/mol. The second-order valence-electron chi connectivity index (χ2n) is 5.64. The maximum absolute atomic E-state index is 12.4. The van der Waals surface area contributed by atoms with Gasteiger partial charge in [-0.25, -0.2) is 8.42 Å².